The summed E-state index contributed by atoms with van der Waals surface area (Å²) < 4.78 is 35.7. The molecule has 0 atom stereocenters. The minimum atomic E-state index is -4.30. The first-order valence-electron chi connectivity index (χ1n) is 5.49. The second-order valence-electron chi connectivity index (χ2n) is 3.89. The molecule has 0 saturated heterocycles. The molecule has 0 spiro atoms. The molecule has 1 rings (SSSR count). The summed E-state index contributed by atoms with van der Waals surface area (Å²) in [5.74, 6) is -0.832. The van der Waals surface area contributed by atoms with Gasteiger partial charge in [0.2, 0.25) is 0 Å². The van der Waals surface area contributed by atoms with E-state index < -0.39 is 29.1 Å². The lowest BCUT2D eigenvalue weighted by Gasteiger charge is -2.08. The van der Waals surface area contributed by atoms with Gasteiger partial charge in [-0.3, -0.25) is 14.9 Å². The zero-order chi connectivity index (χ0) is 15.3. The highest BCUT2D eigenvalue weighted by Crippen LogP contribution is 2.23. The Hall–Kier alpha value is -1.83. The number of carbonyl (C=O) groups excluding carboxylic acids is 1. The first-order chi connectivity index (χ1) is 9.20. The van der Waals surface area contributed by atoms with Crippen LogP contribution >= 0.6 is 11.6 Å². The predicted molar refractivity (Wildman–Crippen MR) is 65.7 cm³/mol. The fourth-order valence-corrected chi connectivity index (χ4v) is 1.61. The van der Waals surface area contributed by atoms with Crippen molar-refractivity contribution >= 4 is 23.2 Å². The first-order valence-corrected chi connectivity index (χ1v) is 5.87. The minimum Gasteiger partial charge on any atom is -0.352 e. The van der Waals surface area contributed by atoms with Crippen molar-refractivity contribution in [2.75, 3.05) is 6.54 Å². The Kier molecular flexibility index (Phi) is 5.32. The van der Waals surface area contributed by atoms with Gasteiger partial charge in [-0.25, -0.2) is 0 Å². The van der Waals surface area contributed by atoms with Crippen LogP contribution in [0.15, 0.2) is 18.2 Å². The number of nitrogens with one attached hydrogen (secondary N) is 1. The maximum Gasteiger partial charge on any atom is 0.389 e. The largest absolute Gasteiger partial charge is 0.389 e. The number of halogens is 4. The summed E-state index contributed by atoms with van der Waals surface area (Å²) in [7, 11) is 0. The Morgan fingerprint density at radius 1 is 1.40 bits per heavy atom. The summed E-state index contributed by atoms with van der Waals surface area (Å²) in [4.78, 5) is 21.7. The summed E-state index contributed by atoms with van der Waals surface area (Å²) in [6, 6.07) is 3.41. The van der Waals surface area contributed by atoms with Gasteiger partial charge in [0.15, 0.2) is 0 Å². The van der Waals surface area contributed by atoms with Crippen LogP contribution in [0.3, 0.4) is 0 Å². The van der Waals surface area contributed by atoms with Gasteiger partial charge in [-0.1, -0.05) is 11.6 Å². The quantitative estimate of drug-likeness (QED) is 0.515. The van der Waals surface area contributed by atoms with E-state index in [-0.39, 0.29) is 23.6 Å². The zero-order valence-corrected chi connectivity index (χ0v) is 10.8. The van der Waals surface area contributed by atoms with Gasteiger partial charge in [0.1, 0.15) is 5.56 Å². The molecule has 5 nitrogen and oxygen atoms in total. The molecule has 9 heteroatoms. The topological polar surface area (TPSA) is 72.2 Å². The molecule has 0 heterocycles. The number of hydrogen-bond acceptors (Lipinski definition) is 3. The van der Waals surface area contributed by atoms with Gasteiger partial charge in [0.05, 0.1) is 4.92 Å². The van der Waals surface area contributed by atoms with Crippen LogP contribution in [0.1, 0.15) is 23.2 Å². The van der Waals surface area contributed by atoms with Crippen molar-refractivity contribution in [3.8, 4) is 0 Å². The number of nitro groups is 1. The van der Waals surface area contributed by atoms with Crippen molar-refractivity contribution in [1.82, 2.24) is 5.32 Å². The van der Waals surface area contributed by atoms with E-state index in [1.165, 1.54) is 6.07 Å². The monoisotopic (exact) mass is 310 g/mol. The number of amides is 1. The summed E-state index contributed by atoms with van der Waals surface area (Å²) >= 11 is 5.64. The van der Waals surface area contributed by atoms with E-state index in [4.69, 9.17) is 11.6 Å². The molecular weight excluding hydrogens is 301 g/mol. The summed E-state index contributed by atoms with van der Waals surface area (Å²) in [5, 5.41) is 13.0. The van der Waals surface area contributed by atoms with Gasteiger partial charge in [0.25, 0.3) is 11.6 Å². The van der Waals surface area contributed by atoms with Crippen LogP contribution < -0.4 is 5.32 Å². The third-order valence-corrected chi connectivity index (χ3v) is 2.56. The third kappa shape index (κ3) is 5.04. The summed E-state index contributed by atoms with van der Waals surface area (Å²) in [6.07, 6.45) is -5.64. The van der Waals surface area contributed by atoms with E-state index in [9.17, 15) is 28.1 Å². The van der Waals surface area contributed by atoms with E-state index in [1.807, 2.05) is 0 Å². The fraction of sp³-hybridized carbons (Fsp3) is 0.364. The standard InChI is InChI=1S/C11H10ClF3N2O3/c12-7-2-3-9(17(19)20)8(6-7)10(18)16-5-1-4-11(13,14)15/h2-3,6H,1,4-5H2,(H,16,18). The molecule has 0 aliphatic heterocycles. The number of rotatable bonds is 5. The molecule has 0 aromatic heterocycles. The van der Waals surface area contributed by atoms with Crippen molar-refractivity contribution in [1.29, 1.82) is 0 Å². The lowest BCUT2D eigenvalue weighted by Crippen LogP contribution is -2.26. The average Bonchev–Trinajstić information content (AvgIpc) is 2.32. The molecule has 110 valence electrons. The summed E-state index contributed by atoms with van der Waals surface area (Å²) in [6.45, 7) is -0.234. The molecule has 0 aliphatic carbocycles. The first kappa shape index (κ1) is 16.2. The predicted octanol–water partition coefficient (Wildman–Crippen LogP) is 3.32. The normalized spacial score (nSPS) is 11.2. The van der Waals surface area contributed by atoms with Crippen LogP contribution in [0.5, 0.6) is 0 Å². The molecule has 1 aromatic rings. The Bertz CT molecular complexity index is 520. The molecule has 0 bridgehead atoms. The molecule has 0 radical (unpaired) electrons. The van der Waals surface area contributed by atoms with Crippen LogP contribution in [0.2, 0.25) is 5.02 Å². The number of nitro benzene ring substituents is 1. The molecule has 0 unspecified atom stereocenters. The van der Waals surface area contributed by atoms with Crippen molar-refractivity contribution in [2.45, 2.75) is 19.0 Å². The van der Waals surface area contributed by atoms with E-state index in [0.717, 1.165) is 12.1 Å². The van der Waals surface area contributed by atoms with Crippen LogP contribution in [-0.4, -0.2) is 23.6 Å². The van der Waals surface area contributed by atoms with Gasteiger partial charge in [-0.15, -0.1) is 0 Å². The van der Waals surface area contributed by atoms with E-state index in [2.05, 4.69) is 5.32 Å². The number of hydrogen-bond donors (Lipinski definition) is 1. The van der Waals surface area contributed by atoms with Crippen LogP contribution in [0.4, 0.5) is 18.9 Å². The number of nitrogens with zero attached hydrogens (tertiary/aromatic N) is 1. The lowest BCUT2D eigenvalue weighted by molar-refractivity contribution is -0.385. The highest BCUT2D eigenvalue weighted by atomic mass is 35.5. The maximum atomic E-state index is 11.9. The van der Waals surface area contributed by atoms with Gasteiger partial charge in [-0.05, 0) is 18.6 Å². The number of alkyl halides is 3. The van der Waals surface area contributed by atoms with Gasteiger partial charge < -0.3 is 5.32 Å². The van der Waals surface area contributed by atoms with Gasteiger partial charge >= 0.3 is 6.18 Å². The number of benzene rings is 1. The smallest absolute Gasteiger partial charge is 0.352 e. The van der Waals surface area contributed by atoms with E-state index >= 15 is 0 Å². The Morgan fingerprint density at radius 3 is 2.60 bits per heavy atom. The van der Waals surface area contributed by atoms with Crippen molar-refractivity contribution in [3.63, 3.8) is 0 Å². The highest BCUT2D eigenvalue weighted by molar-refractivity contribution is 6.31. The molecule has 1 aromatic carbocycles. The highest BCUT2D eigenvalue weighted by Gasteiger charge is 2.26. The lowest BCUT2D eigenvalue weighted by atomic mass is 10.1. The Balaban J connectivity index is 2.68. The van der Waals surface area contributed by atoms with Crippen molar-refractivity contribution < 1.29 is 22.9 Å². The molecule has 0 aliphatic rings. The summed E-state index contributed by atoms with van der Waals surface area (Å²) in [5.41, 5.74) is -0.739. The minimum absolute atomic E-state index is 0.121. The average molecular weight is 311 g/mol. The second-order valence-corrected chi connectivity index (χ2v) is 4.33. The molecule has 0 saturated carbocycles. The molecule has 20 heavy (non-hydrogen) atoms. The van der Waals surface area contributed by atoms with Crippen LogP contribution in [0.25, 0.3) is 0 Å². The van der Waals surface area contributed by atoms with Crippen LogP contribution in [-0.2, 0) is 0 Å². The van der Waals surface area contributed by atoms with Gasteiger partial charge in [0, 0.05) is 24.1 Å². The molecule has 0 fully saturated rings. The second kappa shape index (κ2) is 6.56. The van der Waals surface area contributed by atoms with Crippen LogP contribution in [0, 0.1) is 10.1 Å². The van der Waals surface area contributed by atoms with Crippen molar-refractivity contribution in [2.24, 2.45) is 0 Å². The third-order valence-electron chi connectivity index (χ3n) is 2.32. The van der Waals surface area contributed by atoms with E-state index in [0.29, 0.717) is 0 Å². The number of carbonyl (C=O) groups is 1. The Morgan fingerprint density at radius 2 is 2.05 bits per heavy atom. The molecule has 1 amide bonds. The van der Waals surface area contributed by atoms with Crippen molar-refractivity contribution in [3.05, 3.63) is 38.9 Å². The maximum absolute atomic E-state index is 11.9. The molecule has 1 N–H and O–H groups in total. The Labute approximate surface area is 116 Å². The molecular formula is C11H10ClF3N2O3. The SMILES string of the molecule is O=C(NCCCC(F)(F)F)c1cc(Cl)ccc1[N+](=O)[O-]. The van der Waals surface area contributed by atoms with Gasteiger partial charge in [-0.2, -0.15) is 13.2 Å². The fourth-order valence-electron chi connectivity index (χ4n) is 1.44. The zero-order valence-electron chi connectivity index (χ0n) is 10.0. The van der Waals surface area contributed by atoms with E-state index in [1.54, 1.807) is 0 Å².